The van der Waals surface area contributed by atoms with Crippen molar-refractivity contribution >= 4 is 90.5 Å². The van der Waals surface area contributed by atoms with E-state index < -0.39 is 5.82 Å². The molecule has 0 unspecified atom stereocenters. The first kappa shape index (κ1) is 36.0. The molecule has 288 valence electrons. The van der Waals surface area contributed by atoms with Crippen LogP contribution in [0, 0.1) is 23.7 Å². The Labute approximate surface area is 363 Å². The highest BCUT2D eigenvalue weighted by Gasteiger charge is 2.31. The molecule has 0 radical (unpaired) electrons. The lowest BCUT2D eigenvalue weighted by Crippen LogP contribution is -2.05. The standard InChI is InChI=1S/C56H30FN3S2/c1-59-49-46(35-20-10-4-11-21-35)45(32-58)48(57)47(36-22-12-5-13-23-36)52(49)60-50-39(28-30-43-41-26-14-24-37(53(41)61-55(43)50)33-16-6-2-7-17-33)40-29-31-44-42-27-15-25-38(34-18-8-3-9-19-34)54(42)62-56(44)51(40)60/h2-31H. The molecule has 3 heterocycles. The molecular weight excluding hydrogens is 798 g/mol. The summed E-state index contributed by atoms with van der Waals surface area (Å²) in [7, 11) is 0. The van der Waals surface area contributed by atoms with E-state index in [1.165, 1.54) is 0 Å². The van der Waals surface area contributed by atoms with Crippen molar-refractivity contribution in [2.75, 3.05) is 0 Å². The molecule has 6 heteroatoms. The summed E-state index contributed by atoms with van der Waals surface area (Å²) in [5.74, 6) is -0.653. The molecule has 0 aliphatic carbocycles. The molecule has 12 aromatic rings. The Morgan fingerprint density at radius 3 is 1.29 bits per heavy atom. The van der Waals surface area contributed by atoms with Crippen LogP contribution in [0.25, 0.3) is 117 Å². The van der Waals surface area contributed by atoms with Crippen molar-refractivity contribution in [2.24, 2.45) is 0 Å². The summed E-state index contributed by atoms with van der Waals surface area (Å²) in [6, 6.07) is 63.7. The zero-order chi connectivity index (χ0) is 41.5. The monoisotopic (exact) mass is 827 g/mol. The van der Waals surface area contributed by atoms with Gasteiger partial charge < -0.3 is 4.57 Å². The second kappa shape index (κ2) is 14.1. The van der Waals surface area contributed by atoms with E-state index in [1.807, 2.05) is 72.8 Å². The summed E-state index contributed by atoms with van der Waals surface area (Å²) >= 11 is 3.47. The van der Waals surface area contributed by atoms with Crippen molar-refractivity contribution in [3.63, 3.8) is 0 Å². The van der Waals surface area contributed by atoms with Crippen LogP contribution in [0.5, 0.6) is 0 Å². The summed E-state index contributed by atoms with van der Waals surface area (Å²) < 4.78 is 24.6. The van der Waals surface area contributed by atoms with Crippen LogP contribution in [0.1, 0.15) is 5.56 Å². The number of nitrogens with zero attached hydrogens (tertiary/aromatic N) is 3. The largest absolute Gasteiger partial charge is 0.316 e. The molecule has 0 fully saturated rings. The van der Waals surface area contributed by atoms with Crippen molar-refractivity contribution < 1.29 is 4.39 Å². The quantitative estimate of drug-likeness (QED) is 0.159. The Bertz CT molecular complexity index is 3700. The summed E-state index contributed by atoms with van der Waals surface area (Å²) in [5.41, 5.74) is 8.53. The molecule has 12 rings (SSSR count). The minimum absolute atomic E-state index is 0.149. The summed E-state index contributed by atoms with van der Waals surface area (Å²) in [6.07, 6.45) is 0. The molecule has 0 amide bonds. The normalized spacial score (nSPS) is 11.6. The number of hydrogen-bond acceptors (Lipinski definition) is 3. The number of rotatable bonds is 5. The number of nitriles is 1. The molecule has 0 saturated carbocycles. The van der Waals surface area contributed by atoms with Crippen LogP contribution in [0.3, 0.4) is 0 Å². The highest BCUT2D eigenvalue weighted by molar-refractivity contribution is 7.28. The Morgan fingerprint density at radius 1 is 0.452 bits per heavy atom. The molecule has 0 aliphatic rings. The zero-order valence-corrected chi connectivity index (χ0v) is 34.5. The number of thiophene rings is 2. The van der Waals surface area contributed by atoms with E-state index in [9.17, 15) is 5.26 Å². The Hall–Kier alpha value is -7.87. The lowest BCUT2D eigenvalue weighted by molar-refractivity contribution is 0.627. The van der Waals surface area contributed by atoms with E-state index in [0.29, 0.717) is 16.8 Å². The van der Waals surface area contributed by atoms with Crippen LogP contribution >= 0.6 is 22.7 Å². The van der Waals surface area contributed by atoms with E-state index in [1.54, 1.807) is 22.7 Å². The minimum Gasteiger partial charge on any atom is -0.316 e. The van der Waals surface area contributed by atoms with Gasteiger partial charge in [-0.2, -0.15) is 5.26 Å². The molecule has 62 heavy (non-hydrogen) atoms. The maximum Gasteiger partial charge on any atom is 0.220 e. The number of benzene rings is 9. The van der Waals surface area contributed by atoms with Gasteiger partial charge in [-0.3, -0.25) is 0 Å². The Kier molecular flexibility index (Phi) is 8.20. The topological polar surface area (TPSA) is 33.1 Å². The predicted molar refractivity (Wildman–Crippen MR) is 259 cm³/mol. The third kappa shape index (κ3) is 5.18. The van der Waals surface area contributed by atoms with Crippen LogP contribution in [-0.2, 0) is 0 Å². The van der Waals surface area contributed by atoms with Crippen LogP contribution < -0.4 is 0 Å². The highest BCUT2D eigenvalue weighted by atomic mass is 32.1. The first-order chi connectivity index (χ1) is 30.6. The Morgan fingerprint density at radius 2 is 0.855 bits per heavy atom. The first-order valence-electron chi connectivity index (χ1n) is 20.3. The van der Waals surface area contributed by atoms with Crippen molar-refractivity contribution in [1.82, 2.24) is 4.57 Å². The molecule has 9 aromatic carbocycles. The molecule has 3 nitrogen and oxygen atoms in total. The minimum atomic E-state index is -0.653. The van der Waals surface area contributed by atoms with Crippen molar-refractivity contribution in [3.8, 4) is 56.3 Å². The van der Waals surface area contributed by atoms with Gasteiger partial charge in [-0.15, -0.1) is 22.7 Å². The number of halogens is 1. The molecule has 0 N–H and O–H groups in total. The van der Waals surface area contributed by atoms with E-state index in [2.05, 4.69) is 125 Å². The van der Waals surface area contributed by atoms with E-state index in [-0.39, 0.29) is 22.4 Å². The average Bonchev–Trinajstić information content (AvgIpc) is 4.02. The summed E-state index contributed by atoms with van der Waals surface area (Å²) in [4.78, 5) is 4.32. The van der Waals surface area contributed by atoms with Crippen molar-refractivity contribution in [1.29, 1.82) is 5.26 Å². The van der Waals surface area contributed by atoms with E-state index in [4.69, 9.17) is 6.57 Å². The fraction of sp³-hybridized carbons (Fsp3) is 0. The van der Waals surface area contributed by atoms with Crippen LogP contribution in [0.2, 0.25) is 0 Å². The van der Waals surface area contributed by atoms with Crippen molar-refractivity contribution in [2.45, 2.75) is 0 Å². The van der Waals surface area contributed by atoms with Crippen LogP contribution in [-0.4, -0.2) is 4.57 Å². The Balaban J connectivity index is 1.34. The highest BCUT2D eigenvalue weighted by Crippen LogP contribution is 2.54. The van der Waals surface area contributed by atoms with Gasteiger partial charge in [-0.25, -0.2) is 9.24 Å². The lowest BCUT2D eigenvalue weighted by Gasteiger charge is -2.21. The molecule has 0 saturated heterocycles. The second-order valence-corrected chi connectivity index (χ2v) is 17.4. The summed E-state index contributed by atoms with van der Waals surface area (Å²) in [6.45, 7) is 9.03. The first-order valence-corrected chi connectivity index (χ1v) is 21.9. The number of hydrogen-bond donors (Lipinski definition) is 0. The molecule has 3 aromatic heterocycles. The van der Waals surface area contributed by atoms with Crippen molar-refractivity contribution in [3.05, 3.63) is 205 Å². The lowest BCUT2D eigenvalue weighted by atomic mass is 9.90. The van der Waals surface area contributed by atoms with Crippen LogP contribution in [0.4, 0.5) is 10.1 Å². The third-order valence-electron chi connectivity index (χ3n) is 12.1. The second-order valence-electron chi connectivity index (χ2n) is 15.4. The van der Waals surface area contributed by atoms with Gasteiger partial charge >= 0.3 is 0 Å². The predicted octanol–water partition coefficient (Wildman–Crippen LogP) is 16.7. The number of fused-ring (bicyclic) bond motifs is 11. The van der Waals surface area contributed by atoms with Gasteiger partial charge in [-0.1, -0.05) is 182 Å². The van der Waals surface area contributed by atoms with Gasteiger partial charge in [0.1, 0.15) is 11.9 Å². The maximum atomic E-state index is 18.0. The van der Waals surface area contributed by atoms with E-state index >= 15 is 4.39 Å². The maximum absolute atomic E-state index is 18.0. The van der Waals surface area contributed by atoms with Gasteiger partial charge in [-0.05, 0) is 33.4 Å². The van der Waals surface area contributed by atoms with Gasteiger partial charge in [0, 0.05) is 52.8 Å². The van der Waals surface area contributed by atoms with E-state index in [0.717, 1.165) is 84.4 Å². The molecule has 0 spiro atoms. The fourth-order valence-corrected chi connectivity index (χ4v) is 12.2. The van der Waals surface area contributed by atoms with Gasteiger partial charge in [0.05, 0.1) is 38.3 Å². The van der Waals surface area contributed by atoms with Gasteiger partial charge in [0.15, 0.2) is 0 Å². The van der Waals surface area contributed by atoms with Crippen LogP contribution in [0.15, 0.2) is 182 Å². The smallest absolute Gasteiger partial charge is 0.220 e. The molecular formula is C56H30FN3S2. The molecule has 0 aliphatic heterocycles. The fourth-order valence-electron chi connectivity index (χ4n) is 9.48. The summed E-state index contributed by atoms with van der Waals surface area (Å²) in [5, 5.41) is 17.2. The SMILES string of the molecule is [C-]#[N+]c1c(-c2ccccc2)c(C#N)c(F)c(-c2ccccc2)c1-n1c2c(ccc3c4cccc(-c5ccccc5)c4sc32)c2ccc3c4cccc(-c5ccccc5)c4sc3c21. The zero-order valence-electron chi connectivity index (χ0n) is 32.9. The third-order valence-corrected chi connectivity index (χ3v) is 14.7. The van der Waals surface area contributed by atoms with Gasteiger partial charge in [0.25, 0.3) is 0 Å². The number of aromatic nitrogens is 1. The average molecular weight is 828 g/mol. The molecule has 0 bridgehead atoms. The van der Waals surface area contributed by atoms with Gasteiger partial charge in [0.2, 0.25) is 5.69 Å². The molecule has 0 atom stereocenters.